The average Bonchev–Trinajstić information content (AvgIpc) is 3.23. The van der Waals surface area contributed by atoms with Gasteiger partial charge in [0, 0.05) is 34.7 Å². The highest BCUT2D eigenvalue weighted by Gasteiger charge is 2.36. The lowest BCUT2D eigenvalue weighted by Crippen LogP contribution is -2.52. The highest BCUT2D eigenvalue weighted by Crippen LogP contribution is 2.31. The molecule has 1 aliphatic rings. The van der Waals surface area contributed by atoms with Gasteiger partial charge in [-0.25, -0.2) is 4.98 Å². The number of anilines is 2. The Bertz CT molecular complexity index is 1070. The van der Waals surface area contributed by atoms with Crippen LogP contribution < -0.4 is 15.4 Å². The number of methoxy groups -OCH3 is 1. The SMILES string of the molecule is COc1ccc(Nc2nc(C(=O)N3CCNC(=O)C3c3ccccc3Cl)cs2)cc1. The zero-order chi connectivity index (χ0) is 21.1. The Balaban J connectivity index is 1.55. The fourth-order valence-electron chi connectivity index (χ4n) is 3.27. The van der Waals surface area contributed by atoms with E-state index in [2.05, 4.69) is 15.6 Å². The lowest BCUT2D eigenvalue weighted by Gasteiger charge is -2.35. The molecular weight excluding hydrogens is 424 g/mol. The van der Waals surface area contributed by atoms with Crippen LogP contribution in [0.25, 0.3) is 0 Å². The van der Waals surface area contributed by atoms with Crippen molar-refractivity contribution in [3.05, 3.63) is 70.2 Å². The molecule has 1 unspecified atom stereocenters. The maximum Gasteiger partial charge on any atom is 0.274 e. The van der Waals surface area contributed by atoms with Gasteiger partial charge in [0.05, 0.1) is 7.11 Å². The van der Waals surface area contributed by atoms with Gasteiger partial charge in [0.1, 0.15) is 17.5 Å². The summed E-state index contributed by atoms with van der Waals surface area (Å²) in [4.78, 5) is 31.7. The second-order valence-electron chi connectivity index (χ2n) is 6.61. The van der Waals surface area contributed by atoms with Gasteiger partial charge >= 0.3 is 0 Å². The van der Waals surface area contributed by atoms with Crippen molar-refractivity contribution in [3.8, 4) is 5.75 Å². The number of hydrogen-bond donors (Lipinski definition) is 2. The van der Waals surface area contributed by atoms with Gasteiger partial charge in [-0.3, -0.25) is 9.59 Å². The third-order valence-corrected chi connectivity index (χ3v) is 5.84. The zero-order valence-corrected chi connectivity index (χ0v) is 17.7. The van der Waals surface area contributed by atoms with Crippen LogP contribution in [0, 0.1) is 0 Å². The average molecular weight is 443 g/mol. The third kappa shape index (κ3) is 4.10. The molecule has 2 N–H and O–H groups in total. The van der Waals surface area contributed by atoms with Crippen molar-refractivity contribution < 1.29 is 14.3 Å². The van der Waals surface area contributed by atoms with Gasteiger partial charge < -0.3 is 20.3 Å². The monoisotopic (exact) mass is 442 g/mol. The van der Waals surface area contributed by atoms with Crippen LogP contribution in [0.5, 0.6) is 5.75 Å². The molecule has 2 amide bonds. The maximum atomic E-state index is 13.2. The molecular formula is C21H19ClN4O3S. The minimum Gasteiger partial charge on any atom is -0.497 e. The van der Waals surface area contributed by atoms with Crippen molar-refractivity contribution in [1.82, 2.24) is 15.2 Å². The van der Waals surface area contributed by atoms with Gasteiger partial charge in [-0.15, -0.1) is 11.3 Å². The number of ether oxygens (including phenoxy) is 1. The van der Waals surface area contributed by atoms with Gasteiger partial charge in [-0.05, 0) is 30.3 Å². The summed E-state index contributed by atoms with van der Waals surface area (Å²) in [5, 5.41) is 8.69. The number of nitrogens with one attached hydrogen (secondary N) is 2. The molecule has 0 spiro atoms. The Morgan fingerprint density at radius 1 is 1.27 bits per heavy atom. The summed E-state index contributed by atoms with van der Waals surface area (Å²) >= 11 is 7.62. The number of carbonyl (C=O) groups excluding carboxylic acids is 2. The van der Waals surface area contributed by atoms with Gasteiger partial charge in [0.25, 0.3) is 5.91 Å². The largest absolute Gasteiger partial charge is 0.497 e. The van der Waals surface area contributed by atoms with E-state index in [1.165, 1.54) is 16.2 Å². The van der Waals surface area contributed by atoms with Gasteiger partial charge in [0.15, 0.2) is 5.13 Å². The van der Waals surface area contributed by atoms with Crippen LogP contribution in [-0.4, -0.2) is 41.9 Å². The molecule has 2 aromatic carbocycles. The summed E-state index contributed by atoms with van der Waals surface area (Å²) in [7, 11) is 1.61. The Kier molecular flexibility index (Phi) is 5.87. The molecule has 3 aromatic rings. The number of benzene rings is 2. The first-order valence-electron chi connectivity index (χ1n) is 9.26. The predicted molar refractivity (Wildman–Crippen MR) is 117 cm³/mol. The van der Waals surface area contributed by atoms with Gasteiger partial charge in [-0.1, -0.05) is 29.8 Å². The first kappa shape index (κ1) is 20.2. The topological polar surface area (TPSA) is 83.6 Å². The van der Waals surface area contributed by atoms with Crippen molar-refractivity contribution in [1.29, 1.82) is 0 Å². The quantitative estimate of drug-likeness (QED) is 0.626. The molecule has 9 heteroatoms. The number of piperazine rings is 1. The smallest absolute Gasteiger partial charge is 0.274 e. The number of hydrogen-bond acceptors (Lipinski definition) is 6. The molecule has 2 heterocycles. The first-order chi connectivity index (χ1) is 14.6. The van der Waals surface area contributed by atoms with Crippen molar-refractivity contribution in [3.63, 3.8) is 0 Å². The fourth-order valence-corrected chi connectivity index (χ4v) is 4.21. The molecule has 0 saturated carbocycles. The highest BCUT2D eigenvalue weighted by molar-refractivity contribution is 7.14. The van der Waals surface area contributed by atoms with Crippen LogP contribution >= 0.6 is 22.9 Å². The summed E-state index contributed by atoms with van der Waals surface area (Å²) in [6.07, 6.45) is 0. The highest BCUT2D eigenvalue weighted by atomic mass is 35.5. The lowest BCUT2D eigenvalue weighted by molar-refractivity contribution is -0.128. The number of aromatic nitrogens is 1. The number of rotatable bonds is 5. The van der Waals surface area contributed by atoms with Crippen molar-refractivity contribution in [2.24, 2.45) is 0 Å². The fraction of sp³-hybridized carbons (Fsp3) is 0.190. The van der Waals surface area contributed by atoms with Crippen molar-refractivity contribution >= 4 is 45.6 Å². The molecule has 0 bridgehead atoms. The van der Waals surface area contributed by atoms with E-state index in [4.69, 9.17) is 16.3 Å². The van der Waals surface area contributed by atoms with Crippen LogP contribution in [-0.2, 0) is 4.79 Å². The molecule has 4 rings (SSSR count). The van der Waals surface area contributed by atoms with E-state index in [9.17, 15) is 9.59 Å². The summed E-state index contributed by atoms with van der Waals surface area (Å²) < 4.78 is 5.15. The molecule has 0 radical (unpaired) electrons. The summed E-state index contributed by atoms with van der Waals surface area (Å²) in [6, 6.07) is 13.7. The molecule has 1 aliphatic heterocycles. The molecule has 1 atom stereocenters. The number of nitrogens with zero attached hydrogens (tertiary/aromatic N) is 2. The summed E-state index contributed by atoms with van der Waals surface area (Å²) in [5.41, 5.74) is 1.70. The minimum atomic E-state index is -0.792. The minimum absolute atomic E-state index is 0.255. The van der Waals surface area contributed by atoms with E-state index < -0.39 is 6.04 Å². The van der Waals surface area contributed by atoms with E-state index in [1.807, 2.05) is 24.3 Å². The number of amides is 2. The van der Waals surface area contributed by atoms with Gasteiger partial charge in [0.2, 0.25) is 5.91 Å². The second-order valence-corrected chi connectivity index (χ2v) is 7.87. The lowest BCUT2D eigenvalue weighted by atomic mass is 10.0. The van der Waals surface area contributed by atoms with E-state index >= 15 is 0 Å². The van der Waals surface area contributed by atoms with Crippen molar-refractivity contribution in [2.45, 2.75) is 6.04 Å². The zero-order valence-electron chi connectivity index (χ0n) is 16.1. The van der Waals surface area contributed by atoms with Crippen LogP contribution in [0.2, 0.25) is 5.02 Å². The Labute approximate surface area is 182 Å². The van der Waals surface area contributed by atoms with E-state index in [0.717, 1.165) is 11.4 Å². The maximum absolute atomic E-state index is 13.2. The molecule has 30 heavy (non-hydrogen) atoms. The predicted octanol–water partition coefficient (Wildman–Crippen LogP) is 3.86. The van der Waals surface area contributed by atoms with Crippen LogP contribution in [0.3, 0.4) is 0 Å². The van der Waals surface area contributed by atoms with Gasteiger partial charge in [-0.2, -0.15) is 0 Å². The molecule has 1 fully saturated rings. The molecule has 154 valence electrons. The van der Waals surface area contributed by atoms with E-state index in [-0.39, 0.29) is 17.5 Å². The number of halogens is 1. The van der Waals surface area contributed by atoms with Crippen LogP contribution in [0.1, 0.15) is 22.1 Å². The van der Waals surface area contributed by atoms with E-state index in [1.54, 1.807) is 36.8 Å². The Morgan fingerprint density at radius 2 is 2.03 bits per heavy atom. The molecule has 1 aromatic heterocycles. The Morgan fingerprint density at radius 3 is 2.77 bits per heavy atom. The standard InChI is InChI=1S/C21H19ClN4O3S/c1-29-14-8-6-13(7-9-14)24-21-25-17(12-30-21)20(28)26-11-10-23-19(27)18(26)15-4-2-3-5-16(15)22/h2-9,12,18H,10-11H2,1H3,(H,23,27)(H,24,25). The van der Waals surface area contributed by atoms with E-state index in [0.29, 0.717) is 28.8 Å². The molecule has 1 saturated heterocycles. The Hall–Kier alpha value is -3.10. The summed E-state index contributed by atoms with van der Waals surface area (Å²) in [6.45, 7) is 0.756. The first-order valence-corrected chi connectivity index (χ1v) is 10.5. The normalized spacial score (nSPS) is 16.1. The molecule has 7 nitrogen and oxygen atoms in total. The summed E-state index contributed by atoms with van der Waals surface area (Å²) in [5.74, 6) is 0.188. The third-order valence-electron chi connectivity index (χ3n) is 4.74. The van der Waals surface area contributed by atoms with Crippen LogP contribution in [0.15, 0.2) is 53.9 Å². The second kappa shape index (κ2) is 8.73. The number of carbonyl (C=O) groups is 2. The van der Waals surface area contributed by atoms with Crippen molar-refractivity contribution in [2.75, 3.05) is 25.5 Å². The number of thiazole rings is 1. The van der Waals surface area contributed by atoms with Crippen LogP contribution in [0.4, 0.5) is 10.8 Å². The molecule has 0 aliphatic carbocycles.